The maximum absolute atomic E-state index is 13.4. The highest BCUT2D eigenvalue weighted by Gasteiger charge is 2.20. The highest BCUT2D eigenvalue weighted by atomic mass is 35.5. The molecule has 0 radical (unpaired) electrons. The maximum atomic E-state index is 13.4. The third-order valence-corrected chi connectivity index (χ3v) is 8.14. The number of aromatic nitrogens is 1. The molecule has 0 spiro atoms. The van der Waals surface area contributed by atoms with Crippen LogP contribution in [0, 0.1) is 0 Å². The summed E-state index contributed by atoms with van der Waals surface area (Å²) in [5.41, 5.74) is 3.32. The van der Waals surface area contributed by atoms with E-state index in [9.17, 15) is 14.4 Å². The summed E-state index contributed by atoms with van der Waals surface area (Å²) in [4.78, 5) is 43.5. The van der Waals surface area contributed by atoms with Gasteiger partial charge in [-0.25, -0.2) is 0 Å². The fourth-order valence-corrected chi connectivity index (χ4v) is 5.60. The number of H-pyrrole nitrogens is 1. The van der Waals surface area contributed by atoms with Gasteiger partial charge in [0.25, 0.3) is 11.8 Å². The molecule has 0 fully saturated rings. The van der Waals surface area contributed by atoms with E-state index in [1.807, 2.05) is 55.6 Å². The average Bonchev–Trinajstić information content (AvgIpc) is 3.48. The summed E-state index contributed by atoms with van der Waals surface area (Å²) in [7, 11) is 0. The van der Waals surface area contributed by atoms with Crippen molar-refractivity contribution in [1.82, 2.24) is 10.3 Å². The molecule has 0 saturated carbocycles. The second-order valence-corrected chi connectivity index (χ2v) is 11.4. The molecule has 43 heavy (non-hydrogen) atoms. The van der Waals surface area contributed by atoms with Gasteiger partial charge in [-0.2, -0.15) is 0 Å². The molecule has 0 aliphatic heterocycles. The van der Waals surface area contributed by atoms with Gasteiger partial charge in [0, 0.05) is 38.6 Å². The smallest absolute Gasteiger partial charge is 0.272 e. The molecule has 7 nitrogen and oxygen atoms in total. The van der Waals surface area contributed by atoms with Crippen LogP contribution in [0.2, 0.25) is 5.02 Å². The first kappa shape index (κ1) is 29.7. The van der Waals surface area contributed by atoms with Gasteiger partial charge in [0.05, 0.1) is 5.25 Å². The number of carbonyl (C=O) groups excluding carboxylic acids is 3. The van der Waals surface area contributed by atoms with Crippen LogP contribution in [0.1, 0.15) is 29.3 Å². The normalized spacial score (nSPS) is 12.0. The van der Waals surface area contributed by atoms with Gasteiger partial charge in [0.2, 0.25) is 5.91 Å². The zero-order chi connectivity index (χ0) is 30.2. The molecule has 5 aromatic rings. The number of thioether (sulfide) groups is 1. The third kappa shape index (κ3) is 7.94. The number of hydrogen-bond donors (Lipinski definition) is 4. The molecule has 1 heterocycles. The van der Waals surface area contributed by atoms with E-state index in [0.717, 1.165) is 21.5 Å². The molecule has 1 aromatic heterocycles. The summed E-state index contributed by atoms with van der Waals surface area (Å²) in [5, 5.41) is 9.84. The minimum absolute atomic E-state index is 0.0547. The molecular weight excluding hydrogens is 580 g/mol. The van der Waals surface area contributed by atoms with Gasteiger partial charge in [0.1, 0.15) is 5.70 Å². The number of amides is 3. The first-order chi connectivity index (χ1) is 20.9. The van der Waals surface area contributed by atoms with E-state index in [4.69, 9.17) is 11.6 Å². The maximum Gasteiger partial charge on any atom is 0.272 e. The molecule has 3 amide bonds. The molecular formula is C34H29ClN4O3S. The second kappa shape index (κ2) is 13.9. The fraction of sp³-hybridized carbons (Fsp3) is 0.0882. The molecule has 216 valence electrons. The summed E-state index contributed by atoms with van der Waals surface area (Å²) in [5.74, 6) is -1.03. The summed E-state index contributed by atoms with van der Waals surface area (Å²) in [6, 6.07) is 30.6. The Labute approximate surface area is 258 Å². The Morgan fingerprint density at radius 3 is 2.44 bits per heavy atom. The highest BCUT2D eigenvalue weighted by Crippen LogP contribution is 2.29. The predicted molar refractivity (Wildman–Crippen MR) is 175 cm³/mol. The lowest BCUT2D eigenvalue weighted by atomic mass is 10.1. The number of hydrogen-bond acceptors (Lipinski definition) is 4. The van der Waals surface area contributed by atoms with E-state index in [-0.39, 0.29) is 16.9 Å². The van der Waals surface area contributed by atoms with Crippen molar-refractivity contribution in [2.75, 3.05) is 10.6 Å². The molecule has 1 unspecified atom stereocenters. The molecule has 0 saturated heterocycles. The third-order valence-electron chi connectivity index (χ3n) is 6.54. The van der Waals surface area contributed by atoms with Crippen LogP contribution in [0.4, 0.5) is 11.4 Å². The minimum atomic E-state index is -0.504. The SMILES string of the molecule is CCC(Sc1cccc(NC(=O)/C(=C/c2cccc(Cl)c2)NC(=O)c2ccccc2)c1)C(=O)Nc1ccc2cc[nH]c2c1. The number of aromatic amines is 1. The molecule has 0 aliphatic carbocycles. The standard InChI is InChI=1S/C34H29ClN4O3S/c1-2-31(34(42)38-27-15-14-23-16-17-36-29(23)21-27)43-28-13-7-12-26(20-28)37-33(41)30(19-22-8-6-11-25(35)18-22)39-32(40)24-9-4-3-5-10-24/h3-21,31,36H,2H2,1H3,(H,37,41)(H,38,42)(H,39,40)/b30-19-. The van der Waals surface area contributed by atoms with Crippen molar-refractivity contribution < 1.29 is 14.4 Å². The summed E-state index contributed by atoms with van der Waals surface area (Å²) in [6.45, 7) is 1.96. The Hall–Kier alpha value is -4.79. The van der Waals surface area contributed by atoms with Gasteiger partial charge < -0.3 is 20.9 Å². The Kier molecular flexibility index (Phi) is 9.61. The van der Waals surface area contributed by atoms with Crippen molar-refractivity contribution in [3.63, 3.8) is 0 Å². The summed E-state index contributed by atoms with van der Waals surface area (Å²) in [6.07, 6.45) is 4.04. The van der Waals surface area contributed by atoms with Crippen LogP contribution in [-0.2, 0) is 9.59 Å². The quantitative estimate of drug-likeness (QED) is 0.0961. The van der Waals surface area contributed by atoms with E-state index in [0.29, 0.717) is 28.3 Å². The molecule has 4 aromatic carbocycles. The van der Waals surface area contributed by atoms with Crippen molar-refractivity contribution in [2.45, 2.75) is 23.5 Å². The number of nitrogens with one attached hydrogen (secondary N) is 4. The average molecular weight is 609 g/mol. The molecule has 0 aliphatic rings. The van der Waals surface area contributed by atoms with E-state index in [1.165, 1.54) is 11.8 Å². The Bertz CT molecular complexity index is 1800. The highest BCUT2D eigenvalue weighted by molar-refractivity contribution is 8.00. The van der Waals surface area contributed by atoms with Crippen LogP contribution < -0.4 is 16.0 Å². The van der Waals surface area contributed by atoms with Crippen molar-refractivity contribution in [1.29, 1.82) is 0 Å². The summed E-state index contributed by atoms with van der Waals surface area (Å²) >= 11 is 7.56. The number of anilines is 2. The van der Waals surface area contributed by atoms with E-state index in [2.05, 4.69) is 20.9 Å². The van der Waals surface area contributed by atoms with Crippen molar-refractivity contribution >= 4 is 69.4 Å². The lowest BCUT2D eigenvalue weighted by Gasteiger charge is -2.16. The number of halogens is 1. The predicted octanol–water partition coefficient (Wildman–Crippen LogP) is 7.74. The van der Waals surface area contributed by atoms with E-state index < -0.39 is 11.8 Å². The van der Waals surface area contributed by atoms with Crippen molar-refractivity contribution in [2.24, 2.45) is 0 Å². The van der Waals surface area contributed by atoms with Gasteiger partial charge >= 0.3 is 0 Å². The van der Waals surface area contributed by atoms with Gasteiger partial charge in [-0.05, 0) is 84.1 Å². The lowest BCUT2D eigenvalue weighted by molar-refractivity contribution is -0.116. The Balaban J connectivity index is 1.30. The second-order valence-electron chi connectivity index (χ2n) is 9.70. The monoisotopic (exact) mass is 608 g/mol. The van der Waals surface area contributed by atoms with E-state index >= 15 is 0 Å². The topological polar surface area (TPSA) is 103 Å². The molecule has 9 heteroatoms. The van der Waals surface area contributed by atoms with Crippen LogP contribution in [0.3, 0.4) is 0 Å². The van der Waals surface area contributed by atoms with Gasteiger partial charge in [-0.15, -0.1) is 11.8 Å². The van der Waals surface area contributed by atoms with Crippen molar-refractivity contribution in [3.05, 3.63) is 131 Å². The number of fused-ring (bicyclic) bond motifs is 1. The Morgan fingerprint density at radius 1 is 0.860 bits per heavy atom. The minimum Gasteiger partial charge on any atom is -0.361 e. The van der Waals surface area contributed by atoms with Gasteiger partial charge in [-0.1, -0.05) is 61.0 Å². The largest absolute Gasteiger partial charge is 0.361 e. The lowest BCUT2D eigenvalue weighted by Crippen LogP contribution is -2.30. The zero-order valence-corrected chi connectivity index (χ0v) is 24.8. The zero-order valence-electron chi connectivity index (χ0n) is 23.3. The number of rotatable bonds is 10. The van der Waals surface area contributed by atoms with Crippen LogP contribution >= 0.6 is 23.4 Å². The molecule has 4 N–H and O–H groups in total. The van der Waals surface area contributed by atoms with Crippen molar-refractivity contribution in [3.8, 4) is 0 Å². The number of benzene rings is 4. The molecule has 0 bridgehead atoms. The first-order valence-electron chi connectivity index (χ1n) is 13.7. The van der Waals surface area contributed by atoms with Crippen LogP contribution in [-0.4, -0.2) is 28.0 Å². The molecule has 5 rings (SSSR count). The summed E-state index contributed by atoms with van der Waals surface area (Å²) < 4.78 is 0. The van der Waals surface area contributed by atoms with Gasteiger partial charge in [-0.3, -0.25) is 14.4 Å². The van der Waals surface area contributed by atoms with Crippen LogP contribution in [0.5, 0.6) is 0 Å². The number of carbonyl (C=O) groups is 3. The van der Waals surface area contributed by atoms with Crippen LogP contribution in [0.25, 0.3) is 17.0 Å². The first-order valence-corrected chi connectivity index (χ1v) is 14.9. The van der Waals surface area contributed by atoms with Crippen LogP contribution in [0.15, 0.2) is 120 Å². The van der Waals surface area contributed by atoms with E-state index in [1.54, 1.807) is 66.7 Å². The van der Waals surface area contributed by atoms with Gasteiger partial charge in [0.15, 0.2) is 0 Å². The fourth-order valence-electron chi connectivity index (χ4n) is 4.39. The molecule has 1 atom stereocenters. The Morgan fingerprint density at radius 2 is 1.65 bits per heavy atom.